The summed E-state index contributed by atoms with van der Waals surface area (Å²) in [6.07, 6.45) is 17.7. The zero-order valence-corrected chi connectivity index (χ0v) is 79.4. The molecule has 500 valence electrons. The van der Waals surface area contributed by atoms with Crippen LogP contribution in [0, 0.1) is 0 Å². The molecule has 41 heteroatoms. The van der Waals surface area contributed by atoms with Gasteiger partial charge < -0.3 is 82.3 Å². The second-order valence-corrected chi connectivity index (χ2v) is 81.1. The normalized spacial score (nSPS) is 30.4. The van der Waals surface area contributed by atoms with Crippen LogP contribution in [-0.4, -0.2) is 191 Å². The van der Waals surface area contributed by atoms with Gasteiger partial charge in [0, 0.05) is 0 Å². The number of hydrogen-bond donors (Lipinski definition) is 0. The van der Waals surface area contributed by atoms with Crippen LogP contribution in [0.15, 0.2) is 0 Å². The third-order valence-electron chi connectivity index (χ3n) is 14.7. The van der Waals surface area contributed by atoms with Crippen LogP contribution in [-0.2, 0) is 82.3 Å². The Morgan fingerprint density at radius 2 is 0.376 bits per heavy atom. The Bertz CT molecular complexity index is 1500. The summed E-state index contributed by atoms with van der Waals surface area (Å²) in [5.74, 6) is 0. The lowest BCUT2D eigenvalue weighted by atomic mass is 10.2. The third-order valence-corrected chi connectivity index (χ3v) is 80.4. The SMILES string of the molecule is C[SiH]1O[Si](CCCCCC[Si](C)(C)O[Si](O[Si](C)(C)CCCCCC[Si]2O[SiH](C)O[SiH](C)O[SiH](C)O2)(O[Si](C)(C)CCCCCC[Si]2O[SiH](C)O[SiH](C)O[SiH](C)O2)O[Si](C)(C)CCCCCC[Si]2O[SiH](C)O[SiH](C)O[SiH](C)O2)O[SiH](C)O[SiH](C)O1. The highest BCUT2D eigenvalue weighted by molar-refractivity contribution is 6.92. The van der Waals surface area contributed by atoms with E-state index in [0.717, 1.165) is 151 Å². The smallest absolute Gasteiger partial charge is 0.420 e. The first-order valence-electron chi connectivity index (χ1n) is 32.7. The summed E-state index contributed by atoms with van der Waals surface area (Å²) >= 11 is 0. The van der Waals surface area contributed by atoms with E-state index in [2.05, 4.69) is 131 Å². The Hall–Kier alpha value is 3.75. The van der Waals surface area contributed by atoms with Crippen LogP contribution < -0.4 is 0 Å². The molecule has 0 amide bonds. The van der Waals surface area contributed by atoms with Gasteiger partial charge in [0.2, 0.25) is 0 Å². The molecule has 8 unspecified atom stereocenters. The second-order valence-electron chi connectivity index (χ2n) is 25.9. The van der Waals surface area contributed by atoms with Gasteiger partial charge in [-0.15, -0.1) is 0 Å². The van der Waals surface area contributed by atoms with Crippen molar-refractivity contribution in [1.29, 1.82) is 0 Å². The van der Waals surface area contributed by atoms with Gasteiger partial charge >= 0.3 is 46.2 Å². The maximum atomic E-state index is 7.82. The molecule has 4 heterocycles. The van der Waals surface area contributed by atoms with Gasteiger partial charge in [-0.25, -0.2) is 0 Å². The lowest BCUT2D eigenvalue weighted by Gasteiger charge is -2.46. The molecule has 4 radical (unpaired) electrons. The lowest BCUT2D eigenvalue weighted by molar-refractivity contribution is 0.144. The van der Waals surface area contributed by atoms with E-state index in [9.17, 15) is 0 Å². The third kappa shape index (κ3) is 37.2. The first-order valence-corrected chi connectivity index (χ1v) is 78.0. The molecule has 8 atom stereocenters. The van der Waals surface area contributed by atoms with Gasteiger partial charge in [-0.05, 0) is 179 Å². The van der Waals surface area contributed by atoms with Crippen LogP contribution in [0.2, 0.25) is 179 Å². The minimum absolute atomic E-state index is 0.968. The van der Waals surface area contributed by atoms with Crippen LogP contribution in [0.25, 0.3) is 0 Å². The molecule has 0 N–H and O–H groups in total. The van der Waals surface area contributed by atoms with Crippen LogP contribution in [0.4, 0.5) is 0 Å². The van der Waals surface area contributed by atoms with Crippen LogP contribution in [0.5, 0.6) is 0 Å². The molecule has 0 aliphatic carbocycles. The van der Waals surface area contributed by atoms with Crippen molar-refractivity contribution < 1.29 is 82.3 Å². The van der Waals surface area contributed by atoms with Crippen LogP contribution in [0.1, 0.15) is 103 Å². The van der Waals surface area contributed by atoms with Crippen molar-refractivity contribution in [2.45, 2.75) is 282 Å². The minimum atomic E-state index is -3.76. The van der Waals surface area contributed by atoms with E-state index in [1.807, 2.05) is 0 Å². The molecular formula is C44H120O20Si21. The summed E-state index contributed by atoms with van der Waals surface area (Å²) in [6, 6.07) is 7.94. The zero-order chi connectivity index (χ0) is 62.9. The number of unbranched alkanes of at least 4 members (excludes halogenated alkanes) is 12. The average Bonchev–Trinajstić information content (AvgIpc) is 2.09. The molecule has 4 aliphatic rings. The Morgan fingerprint density at radius 3 is 0.541 bits per heavy atom. The summed E-state index contributed by atoms with van der Waals surface area (Å²) in [4.78, 5) is 0. The molecule has 20 nitrogen and oxygen atoms in total. The molecular weight excluding hydrogens is 1440 g/mol. The Morgan fingerprint density at radius 1 is 0.224 bits per heavy atom. The predicted octanol–water partition coefficient (Wildman–Crippen LogP) is 9.03. The van der Waals surface area contributed by atoms with E-state index in [-0.39, 0.29) is 0 Å². The average molecular weight is 1560 g/mol. The van der Waals surface area contributed by atoms with Crippen molar-refractivity contribution in [3.63, 3.8) is 0 Å². The fraction of sp³-hybridized carbons (Fsp3) is 1.00. The van der Waals surface area contributed by atoms with E-state index in [1.165, 1.54) is 0 Å². The fourth-order valence-electron chi connectivity index (χ4n) is 11.0. The maximum Gasteiger partial charge on any atom is 0.636 e. The lowest BCUT2D eigenvalue weighted by Crippen LogP contribution is -2.66. The summed E-state index contributed by atoms with van der Waals surface area (Å²) < 4.78 is 132. The highest BCUT2D eigenvalue weighted by Gasteiger charge is 2.58. The summed E-state index contributed by atoms with van der Waals surface area (Å²) in [7, 11) is -39.4. The first-order chi connectivity index (χ1) is 39.9. The van der Waals surface area contributed by atoms with Crippen molar-refractivity contribution in [2.75, 3.05) is 0 Å². The van der Waals surface area contributed by atoms with Gasteiger partial charge in [0.1, 0.15) is 0 Å². The quantitative estimate of drug-likeness (QED) is 0.0427. The van der Waals surface area contributed by atoms with Gasteiger partial charge in [0.05, 0.1) is 0 Å². The Balaban J connectivity index is 1.48. The second kappa shape index (κ2) is 41.8. The first kappa shape index (κ1) is 81.2. The van der Waals surface area contributed by atoms with Crippen LogP contribution >= 0.6 is 0 Å². The summed E-state index contributed by atoms with van der Waals surface area (Å²) in [5.41, 5.74) is 0. The molecule has 0 bridgehead atoms. The van der Waals surface area contributed by atoms with Crippen LogP contribution in [0.3, 0.4) is 0 Å². The van der Waals surface area contributed by atoms with Crippen molar-refractivity contribution in [3.05, 3.63) is 0 Å². The highest BCUT2D eigenvalue weighted by Crippen LogP contribution is 2.36. The van der Waals surface area contributed by atoms with E-state index < -0.39 is 191 Å². The Kier molecular flexibility index (Phi) is 39.9. The largest absolute Gasteiger partial charge is 0.636 e. The van der Waals surface area contributed by atoms with Gasteiger partial charge in [-0.2, -0.15) is 0 Å². The monoisotopic (exact) mass is 1560 g/mol. The zero-order valence-electron chi connectivity index (χ0n) is 56.6. The standard InChI is InChI=1S/C44H120O20Si21/c1-65-45-69(5)53-77(54-70(6)46-65)37-29-21-25-33-41-81(13,14)61-85(62-82(15,16)42-34-26-22-30-38-78-55-71(7)47-66(2)48-72(8)56-78,63-83(17,18)43-35-27-23-31-39-79-57-73(9)49-67(3)50-74(10)58-79)64-84(19,20)44-36-28-24-32-40-80-59-75(11)51-68(4)52-76(12)60-80/h65-76H,21-44H2,1-20H3. The predicted molar refractivity (Wildman–Crippen MR) is 389 cm³/mol. The van der Waals surface area contributed by atoms with E-state index in [1.54, 1.807) is 0 Å². The topological polar surface area (TPSA) is 185 Å². The summed E-state index contributed by atoms with van der Waals surface area (Å²) in [5, 5.41) is 0. The molecule has 4 saturated heterocycles. The molecule has 4 fully saturated rings. The molecule has 4 rings (SSSR count). The molecule has 0 saturated carbocycles. The maximum absolute atomic E-state index is 7.82. The van der Waals surface area contributed by atoms with Gasteiger partial charge in [-0.1, -0.05) is 103 Å². The van der Waals surface area contributed by atoms with Crippen molar-refractivity contribution >= 4 is 191 Å². The molecule has 0 aromatic heterocycles. The molecule has 0 spiro atoms. The van der Waals surface area contributed by atoms with Crippen molar-refractivity contribution in [3.8, 4) is 0 Å². The van der Waals surface area contributed by atoms with Crippen molar-refractivity contribution in [1.82, 2.24) is 0 Å². The van der Waals surface area contributed by atoms with E-state index in [4.69, 9.17) is 82.3 Å². The van der Waals surface area contributed by atoms with E-state index in [0.29, 0.717) is 0 Å². The minimum Gasteiger partial charge on any atom is -0.420 e. The van der Waals surface area contributed by atoms with Gasteiger partial charge in [-0.3, -0.25) is 0 Å². The Labute approximate surface area is 550 Å². The molecule has 0 aromatic rings. The van der Waals surface area contributed by atoms with E-state index >= 15 is 0 Å². The highest BCUT2D eigenvalue weighted by atomic mass is 28.5. The molecule has 4 aliphatic heterocycles. The van der Waals surface area contributed by atoms with Gasteiger partial charge in [0.15, 0.2) is 33.3 Å². The van der Waals surface area contributed by atoms with Crippen molar-refractivity contribution in [2.24, 2.45) is 0 Å². The summed E-state index contributed by atoms with van der Waals surface area (Å²) in [6.45, 7) is 44.4. The molecule has 0 aromatic carbocycles. The molecule has 85 heavy (non-hydrogen) atoms. The fourth-order valence-corrected chi connectivity index (χ4v) is 78.1. The number of hydrogen-bond acceptors (Lipinski definition) is 20. The van der Waals surface area contributed by atoms with Gasteiger partial charge in [0.25, 0.3) is 111 Å². The number of rotatable bonds is 36.